The summed E-state index contributed by atoms with van der Waals surface area (Å²) in [6.45, 7) is 5.59. The van der Waals surface area contributed by atoms with E-state index in [9.17, 15) is 9.18 Å². The number of nitrogens with one attached hydrogen (secondary N) is 1. The number of hydrogen-bond donors (Lipinski definition) is 1. The van der Waals surface area contributed by atoms with Gasteiger partial charge in [-0.1, -0.05) is 19.0 Å². The van der Waals surface area contributed by atoms with E-state index in [-0.39, 0.29) is 23.7 Å². The summed E-state index contributed by atoms with van der Waals surface area (Å²) < 4.78 is 18.0. The molecule has 0 spiro atoms. The average molecular weight is 277 g/mol. The third-order valence-electron chi connectivity index (χ3n) is 2.87. The van der Waals surface area contributed by atoms with E-state index in [1.165, 1.54) is 24.3 Å². The molecule has 0 saturated carbocycles. The Bertz CT molecular complexity index is 593. The van der Waals surface area contributed by atoms with E-state index >= 15 is 0 Å². The van der Waals surface area contributed by atoms with Gasteiger partial charge >= 0.3 is 0 Å². The van der Waals surface area contributed by atoms with Gasteiger partial charge < -0.3 is 9.84 Å². The van der Waals surface area contributed by atoms with Crippen molar-refractivity contribution in [2.75, 3.05) is 0 Å². The molecule has 0 fully saturated rings. The summed E-state index contributed by atoms with van der Waals surface area (Å²) in [6.07, 6.45) is 0. The predicted octanol–water partition coefficient (Wildman–Crippen LogP) is 2.64. The van der Waals surface area contributed by atoms with Gasteiger partial charge in [0, 0.05) is 5.56 Å². The van der Waals surface area contributed by atoms with E-state index in [1.54, 1.807) is 6.92 Å². The fourth-order valence-corrected chi connectivity index (χ4v) is 1.78. The Balaban J connectivity index is 2.16. The number of aromatic nitrogens is 2. The van der Waals surface area contributed by atoms with Crippen LogP contribution >= 0.6 is 0 Å². The molecule has 0 unspecified atom stereocenters. The van der Waals surface area contributed by atoms with Crippen LogP contribution in [0.2, 0.25) is 0 Å². The lowest BCUT2D eigenvalue weighted by molar-refractivity contribution is 0.0914. The van der Waals surface area contributed by atoms with Crippen LogP contribution in [0.15, 0.2) is 28.8 Å². The molecule has 0 bridgehead atoms. The van der Waals surface area contributed by atoms with Crippen molar-refractivity contribution in [2.45, 2.75) is 26.8 Å². The van der Waals surface area contributed by atoms with E-state index in [0.717, 1.165) is 0 Å². The molecule has 2 aromatic rings. The third-order valence-corrected chi connectivity index (χ3v) is 2.87. The second kappa shape index (κ2) is 5.81. The Morgan fingerprint density at radius 1 is 1.30 bits per heavy atom. The van der Waals surface area contributed by atoms with Crippen molar-refractivity contribution < 1.29 is 13.7 Å². The summed E-state index contributed by atoms with van der Waals surface area (Å²) in [7, 11) is 0. The van der Waals surface area contributed by atoms with Crippen LogP contribution < -0.4 is 5.32 Å². The number of rotatable bonds is 4. The molecule has 1 heterocycles. The normalized spacial score (nSPS) is 12.4. The second-order valence-electron chi connectivity index (χ2n) is 4.88. The SMILES string of the molecule is Cc1noc([C@@H](NC(=O)c2ccc(F)cc2)C(C)C)n1. The molecule has 1 amide bonds. The molecule has 1 aromatic carbocycles. The van der Waals surface area contributed by atoms with Gasteiger partial charge in [-0.2, -0.15) is 4.98 Å². The summed E-state index contributed by atoms with van der Waals surface area (Å²) >= 11 is 0. The number of nitrogens with zero attached hydrogens (tertiary/aromatic N) is 2. The monoisotopic (exact) mass is 277 g/mol. The molecule has 106 valence electrons. The molecule has 0 radical (unpaired) electrons. The molecule has 0 aliphatic rings. The second-order valence-corrected chi connectivity index (χ2v) is 4.88. The van der Waals surface area contributed by atoms with Crippen molar-refractivity contribution >= 4 is 5.91 Å². The van der Waals surface area contributed by atoms with E-state index in [2.05, 4.69) is 15.5 Å². The molecule has 6 heteroatoms. The van der Waals surface area contributed by atoms with E-state index < -0.39 is 0 Å². The van der Waals surface area contributed by atoms with Crippen LogP contribution in [0.5, 0.6) is 0 Å². The minimum Gasteiger partial charge on any atom is -0.340 e. The number of aryl methyl sites for hydroxylation is 1. The fourth-order valence-electron chi connectivity index (χ4n) is 1.78. The van der Waals surface area contributed by atoms with Crippen LogP contribution in [0.4, 0.5) is 4.39 Å². The highest BCUT2D eigenvalue weighted by Crippen LogP contribution is 2.20. The maximum absolute atomic E-state index is 12.8. The summed E-state index contributed by atoms with van der Waals surface area (Å²) in [5.41, 5.74) is 0.383. The zero-order valence-corrected chi connectivity index (χ0v) is 11.6. The van der Waals surface area contributed by atoms with Crippen LogP contribution in [-0.4, -0.2) is 16.0 Å². The first-order valence-corrected chi connectivity index (χ1v) is 6.34. The topological polar surface area (TPSA) is 68.0 Å². The van der Waals surface area contributed by atoms with Gasteiger partial charge in [-0.3, -0.25) is 4.79 Å². The Morgan fingerprint density at radius 3 is 2.45 bits per heavy atom. The maximum atomic E-state index is 12.8. The highest BCUT2D eigenvalue weighted by molar-refractivity contribution is 5.94. The smallest absolute Gasteiger partial charge is 0.251 e. The van der Waals surface area contributed by atoms with Gasteiger partial charge in [0.1, 0.15) is 11.9 Å². The van der Waals surface area contributed by atoms with E-state index in [4.69, 9.17) is 4.52 Å². The van der Waals surface area contributed by atoms with Gasteiger partial charge in [-0.15, -0.1) is 0 Å². The van der Waals surface area contributed by atoms with Crippen LogP contribution in [-0.2, 0) is 0 Å². The van der Waals surface area contributed by atoms with Gasteiger partial charge in [-0.25, -0.2) is 4.39 Å². The average Bonchev–Trinajstić information content (AvgIpc) is 2.82. The van der Waals surface area contributed by atoms with Crippen molar-refractivity contribution in [2.24, 2.45) is 5.92 Å². The lowest BCUT2D eigenvalue weighted by atomic mass is 10.0. The van der Waals surface area contributed by atoms with Crippen molar-refractivity contribution in [3.8, 4) is 0 Å². The summed E-state index contributed by atoms with van der Waals surface area (Å²) in [5, 5.41) is 6.55. The molecule has 0 aliphatic carbocycles. The molecule has 1 aromatic heterocycles. The summed E-state index contributed by atoms with van der Waals surface area (Å²) in [4.78, 5) is 16.3. The highest BCUT2D eigenvalue weighted by Gasteiger charge is 2.24. The van der Waals surface area contributed by atoms with Gasteiger partial charge in [0.05, 0.1) is 0 Å². The summed E-state index contributed by atoms with van der Waals surface area (Å²) in [5.74, 6) is 0.280. The number of amides is 1. The van der Waals surface area contributed by atoms with Crippen molar-refractivity contribution in [1.82, 2.24) is 15.5 Å². The Kier molecular flexibility index (Phi) is 4.12. The van der Waals surface area contributed by atoms with Crippen molar-refractivity contribution in [3.63, 3.8) is 0 Å². The van der Waals surface area contributed by atoms with Gasteiger partial charge in [-0.05, 0) is 37.1 Å². The van der Waals surface area contributed by atoms with Gasteiger partial charge in [0.2, 0.25) is 5.89 Å². The number of carbonyl (C=O) groups excluding carboxylic acids is 1. The van der Waals surface area contributed by atoms with Crippen molar-refractivity contribution in [1.29, 1.82) is 0 Å². The lowest BCUT2D eigenvalue weighted by Gasteiger charge is -2.18. The molecule has 2 rings (SSSR count). The molecule has 1 atom stereocenters. The molecule has 0 saturated heterocycles. The maximum Gasteiger partial charge on any atom is 0.251 e. The Morgan fingerprint density at radius 2 is 1.95 bits per heavy atom. The standard InChI is InChI=1S/C14H16FN3O2/c1-8(2)12(14-16-9(3)18-20-14)17-13(19)10-4-6-11(15)7-5-10/h4-8,12H,1-3H3,(H,17,19)/t12-/m0/s1. The largest absolute Gasteiger partial charge is 0.340 e. The lowest BCUT2D eigenvalue weighted by Crippen LogP contribution is -2.32. The quantitative estimate of drug-likeness (QED) is 0.932. The molecule has 20 heavy (non-hydrogen) atoms. The molecule has 1 N–H and O–H groups in total. The van der Waals surface area contributed by atoms with E-state index in [1.807, 2.05) is 13.8 Å². The fraction of sp³-hybridized carbons (Fsp3) is 0.357. The first-order valence-electron chi connectivity index (χ1n) is 6.34. The highest BCUT2D eigenvalue weighted by atomic mass is 19.1. The summed E-state index contributed by atoms with van der Waals surface area (Å²) in [6, 6.07) is 4.97. The van der Waals surface area contributed by atoms with Gasteiger partial charge in [0.25, 0.3) is 5.91 Å². The minimum atomic E-state index is -0.381. The third kappa shape index (κ3) is 3.20. The predicted molar refractivity (Wildman–Crippen MR) is 70.5 cm³/mol. The molecular weight excluding hydrogens is 261 g/mol. The zero-order chi connectivity index (χ0) is 14.7. The van der Waals surface area contributed by atoms with Crippen LogP contribution in [0, 0.1) is 18.7 Å². The van der Waals surface area contributed by atoms with E-state index in [0.29, 0.717) is 17.3 Å². The van der Waals surface area contributed by atoms with Crippen LogP contribution in [0.3, 0.4) is 0 Å². The Hall–Kier alpha value is -2.24. The Labute approximate surface area is 116 Å². The molecule has 5 nitrogen and oxygen atoms in total. The van der Waals surface area contributed by atoms with Crippen LogP contribution in [0.1, 0.15) is 42.0 Å². The molecule has 0 aliphatic heterocycles. The molecular formula is C14H16FN3O2. The first kappa shape index (κ1) is 14.2. The van der Waals surface area contributed by atoms with Gasteiger partial charge in [0.15, 0.2) is 5.82 Å². The number of benzene rings is 1. The number of carbonyl (C=O) groups is 1. The zero-order valence-electron chi connectivity index (χ0n) is 11.6. The van der Waals surface area contributed by atoms with Crippen molar-refractivity contribution in [3.05, 3.63) is 47.4 Å². The number of halogens is 1. The first-order chi connectivity index (χ1) is 9.47. The minimum absolute atomic E-state index is 0.0826. The number of hydrogen-bond acceptors (Lipinski definition) is 4. The van der Waals surface area contributed by atoms with Crippen LogP contribution in [0.25, 0.3) is 0 Å².